The number of hydrogen-bond acceptors (Lipinski definition) is 2. The molecule has 3 rings (SSSR count). The number of aryl methyl sites for hydroxylation is 1. The predicted molar refractivity (Wildman–Crippen MR) is 79.7 cm³/mol. The molecule has 0 bridgehead atoms. The van der Waals surface area contributed by atoms with Crippen LogP contribution in [0.4, 0.5) is 0 Å². The monoisotopic (exact) mass is 257 g/mol. The Hall–Kier alpha value is -1.35. The van der Waals surface area contributed by atoms with E-state index in [9.17, 15) is 0 Å². The number of benzene rings is 1. The first-order chi connectivity index (χ1) is 9.20. The van der Waals surface area contributed by atoms with Crippen LogP contribution in [0.5, 0.6) is 0 Å². The van der Waals surface area contributed by atoms with E-state index in [-0.39, 0.29) is 0 Å². The van der Waals surface area contributed by atoms with Gasteiger partial charge in [-0.3, -0.25) is 0 Å². The van der Waals surface area contributed by atoms with Crippen molar-refractivity contribution in [2.24, 2.45) is 0 Å². The van der Waals surface area contributed by atoms with Crippen molar-refractivity contribution < 1.29 is 0 Å². The van der Waals surface area contributed by atoms with Crippen molar-refractivity contribution in [1.29, 1.82) is 0 Å². The number of aromatic nitrogens is 2. The summed E-state index contributed by atoms with van der Waals surface area (Å²) in [5.41, 5.74) is 3.76. The van der Waals surface area contributed by atoms with Crippen LogP contribution in [0.2, 0.25) is 0 Å². The summed E-state index contributed by atoms with van der Waals surface area (Å²) < 4.78 is 2.48. The van der Waals surface area contributed by atoms with E-state index < -0.39 is 0 Å². The summed E-state index contributed by atoms with van der Waals surface area (Å²) in [7, 11) is 0. The Morgan fingerprint density at radius 2 is 2.21 bits per heavy atom. The third-order valence-corrected chi connectivity index (χ3v) is 3.93. The van der Waals surface area contributed by atoms with Crippen LogP contribution in [-0.4, -0.2) is 22.6 Å². The predicted octanol–water partition coefficient (Wildman–Crippen LogP) is 3.39. The molecule has 1 saturated carbocycles. The van der Waals surface area contributed by atoms with Gasteiger partial charge in [-0.05, 0) is 44.0 Å². The van der Waals surface area contributed by atoms with E-state index in [1.807, 2.05) is 0 Å². The first-order valence-corrected chi connectivity index (χ1v) is 7.40. The third-order valence-electron chi connectivity index (χ3n) is 3.93. The molecule has 102 valence electrons. The van der Waals surface area contributed by atoms with Gasteiger partial charge in [-0.1, -0.05) is 19.9 Å². The standard InChI is InChI=1S/C16H23N3/c1-4-17-10-12(3)16-18-14-9-11(2)5-8-15(14)19(16)13-6-7-13/h5,8-9,12-13,17H,4,6-7,10H2,1-3H3. The fourth-order valence-corrected chi connectivity index (χ4v) is 2.74. The quantitative estimate of drug-likeness (QED) is 0.889. The molecule has 0 amide bonds. The minimum absolute atomic E-state index is 0.466. The van der Waals surface area contributed by atoms with E-state index >= 15 is 0 Å². The number of likely N-dealkylation sites (N-methyl/N-ethyl adjacent to an activating group) is 1. The highest BCUT2D eigenvalue weighted by Gasteiger charge is 2.29. The van der Waals surface area contributed by atoms with Gasteiger partial charge in [-0.15, -0.1) is 0 Å². The SMILES string of the molecule is CCNCC(C)c1nc2cc(C)ccc2n1C1CC1. The number of rotatable bonds is 5. The molecule has 2 aromatic rings. The molecule has 0 aliphatic heterocycles. The molecule has 1 N–H and O–H groups in total. The molecule has 0 spiro atoms. The van der Waals surface area contributed by atoms with Gasteiger partial charge < -0.3 is 9.88 Å². The lowest BCUT2D eigenvalue weighted by Gasteiger charge is -2.14. The van der Waals surface area contributed by atoms with Crippen LogP contribution in [0.3, 0.4) is 0 Å². The summed E-state index contributed by atoms with van der Waals surface area (Å²) >= 11 is 0. The number of hydrogen-bond donors (Lipinski definition) is 1. The second-order valence-electron chi connectivity index (χ2n) is 5.77. The fraction of sp³-hybridized carbons (Fsp3) is 0.562. The Bertz CT molecular complexity index is 581. The van der Waals surface area contributed by atoms with Crippen molar-refractivity contribution >= 4 is 11.0 Å². The molecular formula is C16H23N3. The summed E-state index contributed by atoms with van der Waals surface area (Å²) in [6, 6.07) is 7.32. The lowest BCUT2D eigenvalue weighted by Crippen LogP contribution is -2.21. The van der Waals surface area contributed by atoms with Crippen molar-refractivity contribution in [3.05, 3.63) is 29.6 Å². The maximum atomic E-state index is 4.91. The van der Waals surface area contributed by atoms with Crippen LogP contribution in [0.25, 0.3) is 11.0 Å². The van der Waals surface area contributed by atoms with E-state index in [1.165, 1.54) is 29.7 Å². The van der Waals surface area contributed by atoms with Gasteiger partial charge in [0.15, 0.2) is 0 Å². The molecule has 1 aliphatic rings. The Morgan fingerprint density at radius 3 is 2.89 bits per heavy atom. The maximum Gasteiger partial charge on any atom is 0.114 e. The average Bonchev–Trinajstić information content (AvgIpc) is 3.16. The van der Waals surface area contributed by atoms with Crippen molar-refractivity contribution in [2.45, 2.75) is 45.6 Å². The highest BCUT2D eigenvalue weighted by atomic mass is 15.1. The molecule has 1 aliphatic carbocycles. The lowest BCUT2D eigenvalue weighted by molar-refractivity contribution is 0.573. The Morgan fingerprint density at radius 1 is 1.42 bits per heavy atom. The second-order valence-corrected chi connectivity index (χ2v) is 5.77. The molecule has 1 atom stereocenters. The van der Waals surface area contributed by atoms with Gasteiger partial charge in [-0.2, -0.15) is 0 Å². The van der Waals surface area contributed by atoms with Gasteiger partial charge in [0, 0.05) is 18.5 Å². The minimum Gasteiger partial charge on any atom is -0.325 e. The number of fused-ring (bicyclic) bond motifs is 1. The van der Waals surface area contributed by atoms with Crippen LogP contribution >= 0.6 is 0 Å². The Labute approximate surface area is 115 Å². The van der Waals surface area contributed by atoms with Crippen LogP contribution in [0.1, 0.15) is 50.0 Å². The zero-order chi connectivity index (χ0) is 13.4. The van der Waals surface area contributed by atoms with E-state index in [4.69, 9.17) is 4.98 Å². The summed E-state index contributed by atoms with van der Waals surface area (Å²) in [5, 5.41) is 3.44. The molecule has 1 unspecified atom stereocenters. The number of imidazole rings is 1. The van der Waals surface area contributed by atoms with Crippen LogP contribution in [0.15, 0.2) is 18.2 Å². The normalized spacial score (nSPS) is 17.0. The van der Waals surface area contributed by atoms with Crippen molar-refractivity contribution in [2.75, 3.05) is 13.1 Å². The van der Waals surface area contributed by atoms with Gasteiger partial charge in [0.2, 0.25) is 0 Å². The van der Waals surface area contributed by atoms with Crippen LogP contribution < -0.4 is 5.32 Å². The minimum atomic E-state index is 0.466. The molecule has 1 aromatic carbocycles. The first-order valence-electron chi connectivity index (χ1n) is 7.40. The Kier molecular flexibility index (Phi) is 3.31. The Balaban J connectivity index is 2.04. The molecule has 19 heavy (non-hydrogen) atoms. The third kappa shape index (κ3) is 2.39. The zero-order valence-corrected chi connectivity index (χ0v) is 12.1. The van der Waals surface area contributed by atoms with Crippen LogP contribution in [-0.2, 0) is 0 Å². The summed E-state index contributed by atoms with van der Waals surface area (Å²) in [5.74, 6) is 1.72. The van der Waals surface area contributed by atoms with E-state index in [0.29, 0.717) is 12.0 Å². The average molecular weight is 257 g/mol. The van der Waals surface area contributed by atoms with Gasteiger partial charge in [0.05, 0.1) is 11.0 Å². The van der Waals surface area contributed by atoms with Crippen LogP contribution in [0, 0.1) is 6.92 Å². The van der Waals surface area contributed by atoms with E-state index in [0.717, 1.165) is 18.6 Å². The largest absolute Gasteiger partial charge is 0.325 e. The van der Waals surface area contributed by atoms with Gasteiger partial charge in [0.1, 0.15) is 5.82 Å². The molecule has 3 nitrogen and oxygen atoms in total. The number of nitrogens with one attached hydrogen (secondary N) is 1. The van der Waals surface area contributed by atoms with Gasteiger partial charge in [-0.25, -0.2) is 4.98 Å². The van der Waals surface area contributed by atoms with Crippen molar-refractivity contribution in [3.63, 3.8) is 0 Å². The molecular weight excluding hydrogens is 234 g/mol. The first kappa shape index (κ1) is 12.7. The molecule has 3 heteroatoms. The van der Waals surface area contributed by atoms with Gasteiger partial charge in [0.25, 0.3) is 0 Å². The summed E-state index contributed by atoms with van der Waals surface area (Å²) in [6.07, 6.45) is 2.61. The highest BCUT2D eigenvalue weighted by molar-refractivity contribution is 5.77. The van der Waals surface area contributed by atoms with Crippen molar-refractivity contribution in [1.82, 2.24) is 14.9 Å². The molecule has 1 fully saturated rings. The molecule has 1 aromatic heterocycles. The topological polar surface area (TPSA) is 29.9 Å². The zero-order valence-electron chi connectivity index (χ0n) is 12.1. The van der Waals surface area contributed by atoms with Crippen molar-refractivity contribution in [3.8, 4) is 0 Å². The molecule has 0 saturated heterocycles. The second kappa shape index (κ2) is 4.97. The molecule has 1 heterocycles. The van der Waals surface area contributed by atoms with E-state index in [2.05, 4.69) is 48.9 Å². The summed E-state index contributed by atoms with van der Waals surface area (Å²) in [4.78, 5) is 4.91. The lowest BCUT2D eigenvalue weighted by atomic mass is 10.1. The molecule has 0 radical (unpaired) electrons. The fourth-order valence-electron chi connectivity index (χ4n) is 2.74. The summed E-state index contributed by atoms with van der Waals surface area (Å²) in [6.45, 7) is 8.59. The smallest absolute Gasteiger partial charge is 0.114 e. The highest BCUT2D eigenvalue weighted by Crippen LogP contribution is 2.40. The number of nitrogens with zero attached hydrogens (tertiary/aromatic N) is 2. The van der Waals surface area contributed by atoms with E-state index in [1.54, 1.807) is 0 Å². The van der Waals surface area contributed by atoms with Gasteiger partial charge >= 0.3 is 0 Å². The maximum absolute atomic E-state index is 4.91.